The van der Waals surface area contributed by atoms with Crippen molar-refractivity contribution in [3.05, 3.63) is 47.9 Å². The summed E-state index contributed by atoms with van der Waals surface area (Å²) in [6.07, 6.45) is 1.59. The van der Waals surface area contributed by atoms with Crippen molar-refractivity contribution in [2.75, 3.05) is 5.75 Å². The Balaban J connectivity index is 2.28. The highest BCUT2D eigenvalue weighted by molar-refractivity contribution is 7.99. The van der Waals surface area contributed by atoms with Crippen LogP contribution in [-0.2, 0) is 6.61 Å². The highest BCUT2D eigenvalue weighted by atomic mass is 32.2. The second kappa shape index (κ2) is 6.91. The maximum absolute atomic E-state index is 8.94. The third-order valence-electron chi connectivity index (χ3n) is 2.60. The molecule has 106 valence electrons. The quantitative estimate of drug-likeness (QED) is 0.281. The van der Waals surface area contributed by atoms with E-state index in [1.54, 1.807) is 30.2 Å². The molecule has 20 heavy (non-hydrogen) atoms. The summed E-state index contributed by atoms with van der Waals surface area (Å²) in [7, 11) is 0. The molecular weight excluding hydrogens is 276 g/mol. The fourth-order valence-electron chi connectivity index (χ4n) is 1.75. The number of ether oxygens (including phenoxy) is 1. The van der Waals surface area contributed by atoms with Crippen LogP contribution >= 0.6 is 11.8 Å². The van der Waals surface area contributed by atoms with E-state index in [2.05, 4.69) is 5.16 Å². The van der Waals surface area contributed by atoms with Crippen molar-refractivity contribution in [1.82, 2.24) is 0 Å². The second-order valence-electron chi connectivity index (χ2n) is 3.92. The minimum absolute atomic E-state index is 0.0380. The SMILES string of the molecule is CCSc1cccc(OCc2ccco2)c1/C(N)=N/O. The summed E-state index contributed by atoms with van der Waals surface area (Å²) < 4.78 is 10.9. The third-order valence-corrected chi connectivity index (χ3v) is 3.54. The zero-order valence-electron chi connectivity index (χ0n) is 11.1. The number of thioether (sulfide) groups is 1. The lowest BCUT2D eigenvalue weighted by Crippen LogP contribution is -2.16. The molecule has 0 atom stereocenters. The molecule has 1 aromatic carbocycles. The zero-order chi connectivity index (χ0) is 14.4. The molecule has 5 nitrogen and oxygen atoms in total. The van der Waals surface area contributed by atoms with E-state index in [4.69, 9.17) is 20.1 Å². The Morgan fingerprint density at radius 1 is 1.40 bits per heavy atom. The van der Waals surface area contributed by atoms with E-state index < -0.39 is 0 Å². The van der Waals surface area contributed by atoms with Crippen LogP contribution in [0.15, 0.2) is 51.1 Å². The molecule has 0 aliphatic heterocycles. The van der Waals surface area contributed by atoms with Crippen molar-refractivity contribution in [2.24, 2.45) is 10.9 Å². The lowest BCUT2D eigenvalue weighted by atomic mass is 10.2. The van der Waals surface area contributed by atoms with Gasteiger partial charge in [-0.1, -0.05) is 18.1 Å². The van der Waals surface area contributed by atoms with Gasteiger partial charge in [0.25, 0.3) is 0 Å². The summed E-state index contributed by atoms with van der Waals surface area (Å²) >= 11 is 1.61. The average molecular weight is 292 g/mol. The molecule has 3 N–H and O–H groups in total. The fraction of sp³-hybridized carbons (Fsp3) is 0.214. The Labute approximate surface area is 121 Å². The number of hydrogen-bond acceptors (Lipinski definition) is 5. The monoisotopic (exact) mass is 292 g/mol. The first kappa shape index (κ1) is 14.3. The first-order chi connectivity index (χ1) is 9.76. The highest BCUT2D eigenvalue weighted by Gasteiger charge is 2.14. The molecule has 0 saturated carbocycles. The molecule has 0 unspecified atom stereocenters. The van der Waals surface area contributed by atoms with Crippen LogP contribution < -0.4 is 10.5 Å². The van der Waals surface area contributed by atoms with Crippen LogP contribution in [0, 0.1) is 0 Å². The number of hydrogen-bond donors (Lipinski definition) is 2. The summed E-state index contributed by atoms with van der Waals surface area (Å²) in [5.41, 5.74) is 6.36. The standard InChI is InChI=1S/C14H16N2O3S/c1-2-20-12-7-3-6-11(13(12)14(15)16-17)19-9-10-5-4-8-18-10/h3-8,17H,2,9H2,1H3,(H2,15,16). The van der Waals surface area contributed by atoms with E-state index in [1.165, 1.54) is 0 Å². The summed E-state index contributed by atoms with van der Waals surface area (Å²) in [4.78, 5) is 0.916. The smallest absolute Gasteiger partial charge is 0.174 e. The summed E-state index contributed by atoms with van der Waals surface area (Å²) in [6, 6.07) is 9.21. The van der Waals surface area contributed by atoms with Crippen molar-refractivity contribution in [3.63, 3.8) is 0 Å². The van der Waals surface area contributed by atoms with Gasteiger partial charge in [-0.05, 0) is 30.0 Å². The van der Waals surface area contributed by atoms with E-state index in [-0.39, 0.29) is 5.84 Å². The van der Waals surface area contributed by atoms with Crippen LogP contribution in [0.4, 0.5) is 0 Å². The van der Waals surface area contributed by atoms with Crippen molar-refractivity contribution >= 4 is 17.6 Å². The second-order valence-corrected chi connectivity index (χ2v) is 5.22. The molecule has 1 heterocycles. The Morgan fingerprint density at radius 2 is 2.25 bits per heavy atom. The molecule has 1 aromatic heterocycles. The molecular formula is C14H16N2O3S. The maximum Gasteiger partial charge on any atom is 0.174 e. The van der Waals surface area contributed by atoms with E-state index in [9.17, 15) is 0 Å². The molecule has 6 heteroatoms. The van der Waals surface area contributed by atoms with Gasteiger partial charge in [-0.15, -0.1) is 11.8 Å². The van der Waals surface area contributed by atoms with Crippen LogP contribution in [0.5, 0.6) is 5.75 Å². The number of oxime groups is 1. The minimum atomic E-state index is 0.0380. The predicted molar refractivity (Wildman–Crippen MR) is 78.4 cm³/mol. The van der Waals surface area contributed by atoms with Crippen LogP contribution in [-0.4, -0.2) is 16.8 Å². The van der Waals surface area contributed by atoms with Crippen molar-refractivity contribution in [1.29, 1.82) is 0 Å². The molecule has 0 bridgehead atoms. The lowest BCUT2D eigenvalue weighted by Gasteiger charge is -2.13. The highest BCUT2D eigenvalue weighted by Crippen LogP contribution is 2.30. The van der Waals surface area contributed by atoms with Gasteiger partial charge in [-0.2, -0.15) is 0 Å². The fourth-order valence-corrected chi connectivity index (χ4v) is 2.59. The molecule has 0 aliphatic carbocycles. The van der Waals surface area contributed by atoms with Gasteiger partial charge in [0.05, 0.1) is 11.8 Å². The molecule has 2 rings (SSSR count). The third kappa shape index (κ3) is 3.27. The van der Waals surface area contributed by atoms with Gasteiger partial charge in [0.2, 0.25) is 0 Å². The van der Waals surface area contributed by atoms with Crippen molar-refractivity contribution in [3.8, 4) is 5.75 Å². The first-order valence-corrected chi connectivity index (χ1v) is 7.13. The minimum Gasteiger partial charge on any atom is -0.485 e. The molecule has 0 fully saturated rings. The lowest BCUT2D eigenvalue weighted by molar-refractivity contribution is 0.268. The van der Waals surface area contributed by atoms with Crippen LogP contribution in [0.1, 0.15) is 18.2 Å². The molecule has 2 aromatic rings. The van der Waals surface area contributed by atoms with Gasteiger partial charge in [-0.3, -0.25) is 0 Å². The van der Waals surface area contributed by atoms with Gasteiger partial charge in [0.15, 0.2) is 5.84 Å². The van der Waals surface area contributed by atoms with Crippen molar-refractivity contribution < 1.29 is 14.4 Å². The van der Waals surface area contributed by atoms with Gasteiger partial charge < -0.3 is 20.1 Å². The maximum atomic E-state index is 8.94. The van der Waals surface area contributed by atoms with E-state index in [0.29, 0.717) is 23.7 Å². The van der Waals surface area contributed by atoms with Gasteiger partial charge >= 0.3 is 0 Å². The summed E-state index contributed by atoms with van der Waals surface area (Å²) in [5.74, 6) is 2.20. The zero-order valence-corrected chi connectivity index (χ0v) is 11.9. The Kier molecular flexibility index (Phi) is 4.95. The Hall–Kier alpha value is -2.08. The molecule has 0 radical (unpaired) electrons. The van der Waals surface area contributed by atoms with Gasteiger partial charge in [0, 0.05) is 4.90 Å². The molecule has 0 amide bonds. The molecule has 0 aliphatic rings. The molecule has 0 spiro atoms. The van der Waals surface area contributed by atoms with Crippen LogP contribution in [0.25, 0.3) is 0 Å². The average Bonchev–Trinajstić information content (AvgIpc) is 2.98. The van der Waals surface area contributed by atoms with Gasteiger partial charge in [0.1, 0.15) is 18.1 Å². The number of amidine groups is 1. The van der Waals surface area contributed by atoms with Crippen LogP contribution in [0.2, 0.25) is 0 Å². The number of benzene rings is 1. The largest absolute Gasteiger partial charge is 0.485 e. The normalized spacial score (nSPS) is 11.6. The van der Waals surface area contributed by atoms with Gasteiger partial charge in [-0.25, -0.2) is 0 Å². The summed E-state index contributed by atoms with van der Waals surface area (Å²) in [6.45, 7) is 2.33. The van der Waals surface area contributed by atoms with E-state index in [0.717, 1.165) is 10.6 Å². The Morgan fingerprint density at radius 3 is 2.90 bits per heavy atom. The Bertz CT molecular complexity index is 582. The van der Waals surface area contributed by atoms with Crippen LogP contribution in [0.3, 0.4) is 0 Å². The predicted octanol–water partition coefficient (Wildman–Crippen LogP) is 3.07. The van der Waals surface area contributed by atoms with Crippen molar-refractivity contribution in [2.45, 2.75) is 18.4 Å². The number of furan rings is 1. The first-order valence-electron chi connectivity index (χ1n) is 6.15. The van der Waals surface area contributed by atoms with E-state index >= 15 is 0 Å². The summed E-state index contributed by atoms with van der Waals surface area (Å²) in [5, 5.41) is 12.0. The number of nitrogens with two attached hydrogens (primary N) is 1. The number of nitrogens with zero attached hydrogens (tertiary/aromatic N) is 1. The number of rotatable bonds is 6. The molecule has 0 saturated heterocycles. The topological polar surface area (TPSA) is 81.0 Å². The van der Waals surface area contributed by atoms with E-state index in [1.807, 2.05) is 25.1 Å².